The number of aromatic nitrogens is 3. The quantitative estimate of drug-likeness (QED) is 0.789. The molecule has 20 heavy (non-hydrogen) atoms. The Morgan fingerprint density at radius 3 is 2.95 bits per heavy atom. The molecule has 4 heteroatoms. The van der Waals surface area contributed by atoms with Gasteiger partial charge < -0.3 is 5.32 Å². The zero-order valence-electron chi connectivity index (χ0n) is 11.8. The Kier molecular flexibility index (Phi) is 3.37. The molecule has 2 heterocycles. The van der Waals surface area contributed by atoms with Crippen LogP contribution in [0.4, 0.5) is 5.69 Å². The normalized spacial score (nSPS) is 10.9. The number of fused-ring (bicyclic) bond motifs is 1. The van der Waals surface area contributed by atoms with Crippen molar-refractivity contribution >= 4 is 16.5 Å². The Labute approximate surface area is 118 Å². The van der Waals surface area contributed by atoms with Crippen LogP contribution < -0.4 is 5.32 Å². The van der Waals surface area contributed by atoms with Crippen LogP contribution in [0.5, 0.6) is 0 Å². The molecule has 2 aromatic heterocycles. The second-order valence-corrected chi connectivity index (χ2v) is 4.93. The van der Waals surface area contributed by atoms with Gasteiger partial charge in [-0.05, 0) is 29.5 Å². The molecule has 0 unspecified atom stereocenters. The van der Waals surface area contributed by atoms with Crippen molar-refractivity contribution in [2.75, 3.05) is 5.32 Å². The highest BCUT2D eigenvalue weighted by Crippen LogP contribution is 2.18. The molecule has 0 saturated carbocycles. The number of anilines is 1. The Morgan fingerprint density at radius 1 is 1.20 bits per heavy atom. The molecule has 0 atom stereocenters. The maximum absolute atomic E-state index is 4.44. The molecular weight excluding hydrogens is 248 g/mol. The van der Waals surface area contributed by atoms with Gasteiger partial charge >= 0.3 is 0 Å². The summed E-state index contributed by atoms with van der Waals surface area (Å²) in [5.41, 5.74) is 3.48. The summed E-state index contributed by atoms with van der Waals surface area (Å²) in [5, 5.41) is 10.3. The zero-order chi connectivity index (χ0) is 13.9. The highest BCUT2D eigenvalue weighted by atomic mass is 15.3. The third kappa shape index (κ3) is 2.50. The Bertz CT molecular complexity index is 730. The molecule has 3 rings (SSSR count). The third-order valence-corrected chi connectivity index (χ3v) is 3.43. The lowest BCUT2D eigenvalue weighted by Gasteiger charge is -2.07. The average Bonchev–Trinajstić information content (AvgIpc) is 2.85. The number of nitrogens with zero attached hydrogens (tertiary/aromatic N) is 3. The first kappa shape index (κ1) is 12.7. The lowest BCUT2D eigenvalue weighted by molar-refractivity contribution is 0.746. The molecule has 0 radical (unpaired) electrons. The van der Waals surface area contributed by atoms with E-state index in [1.54, 1.807) is 0 Å². The monoisotopic (exact) mass is 266 g/mol. The van der Waals surface area contributed by atoms with Crippen molar-refractivity contribution < 1.29 is 0 Å². The molecule has 0 amide bonds. The predicted octanol–water partition coefficient (Wildman–Crippen LogP) is 3.14. The largest absolute Gasteiger partial charge is 0.378 e. The van der Waals surface area contributed by atoms with Crippen LogP contribution in [0.15, 0.2) is 42.9 Å². The number of aryl methyl sites for hydroxylation is 2. The van der Waals surface area contributed by atoms with Gasteiger partial charge in [0.2, 0.25) is 0 Å². The molecule has 4 nitrogen and oxygen atoms in total. The van der Waals surface area contributed by atoms with Crippen LogP contribution in [0.25, 0.3) is 10.8 Å². The zero-order valence-corrected chi connectivity index (χ0v) is 11.8. The summed E-state index contributed by atoms with van der Waals surface area (Å²) in [4.78, 5) is 4.13. The van der Waals surface area contributed by atoms with E-state index in [9.17, 15) is 0 Å². The van der Waals surface area contributed by atoms with E-state index in [1.807, 2.05) is 36.4 Å². The maximum atomic E-state index is 4.44. The van der Waals surface area contributed by atoms with E-state index < -0.39 is 0 Å². The van der Waals surface area contributed by atoms with Crippen LogP contribution in [0, 0.1) is 0 Å². The van der Waals surface area contributed by atoms with Crippen molar-refractivity contribution in [1.82, 2.24) is 14.8 Å². The SMILES string of the molecule is CCc1nn(C)cc1NCc1ccc2cnccc2c1. The molecule has 0 aliphatic rings. The molecule has 0 aliphatic heterocycles. The van der Waals surface area contributed by atoms with Crippen LogP contribution in [-0.2, 0) is 20.0 Å². The number of pyridine rings is 1. The minimum Gasteiger partial charge on any atom is -0.378 e. The first-order valence-corrected chi connectivity index (χ1v) is 6.85. The molecule has 1 N–H and O–H groups in total. The van der Waals surface area contributed by atoms with Crippen molar-refractivity contribution in [3.8, 4) is 0 Å². The third-order valence-electron chi connectivity index (χ3n) is 3.43. The minimum absolute atomic E-state index is 0.803. The van der Waals surface area contributed by atoms with E-state index in [-0.39, 0.29) is 0 Å². The number of rotatable bonds is 4. The molecule has 0 saturated heterocycles. The average molecular weight is 266 g/mol. The standard InChI is InChI=1S/C16H18N4/c1-3-15-16(11-20(2)19-15)18-9-12-4-5-14-10-17-7-6-13(14)8-12/h4-8,10-11,18H,3,9H2,1-2H3. The Morgan fingerprint density at radius 2 is 2.10 bits per heavy atom. The fourth-order valence-corrected chi connectivity index (χ4v) is 2.38. The number of benzene rings is 1. The van der Waals surface area contributed by atoms with E-state index in [0.717, 1.165) is 24.3 Å². The summed E-state index contributed by atoms with van der Waals surface area (Å²) in [5.74, 6) is 0. The summed E-state index contributed by atoms with van der Waals surface area (Å²) < 4.78 is 1.85. The molecule has 0 fully saturated rings. The second-order valence-electron chi connectivity index (χ2n) is 4.93. The van der Waals surface area contributed by atoms with Gasteiger partial charge in [0.25, 0.3) is 0 Å². The maximum Gasteiger partial charge on any atom is 0.0853 e. The summed E-state index contributed by atoms with van der Waals surface area (Å²) in [6.45, 7) is 2.92. The number of hydrogen-bond donors (Lipinski definition) is 1. The molecule has 0 aliphatic carbocycles. The van der Waals surface area contributed by atoms with Crippen LogP contribution in [-0.4, -0.2) is 14.8 Å². The van der Waals surface area contributed by atoms with Crippen LogP contribution >= 0.6 is 0 Å². The van der Waals surface area contributed by atoms with Crippen molar-refractivity contribution in [3.63, 3.8) is 0 Å². The Balaban J connectivity index is 1.79. The van der Waals surface area contributed by atoms with Gasteiger partial charge in [-0.15, -0.1) is 0 Å². The lowest BCUT2D eigenvalue weighted by Crippen LogP contribution is -2.00. The van der Waals surface area contributed by atoms with E-state index in [4.69, 9.17) is 0 Å². The van der Waals surface area contributed by atoms with Gasteiger partial charge in [0.1, 0.15) is 0 Å². The number of hydrogen-bond acceptors (Lipinski definition) is 3. The summed E-state index contributed by atoms with van der Waals surface area (Å²) in [7, 11) is 1.95. The smallest absolute Gasteiger partial charge is 0.0853 e. The van der Waals surface area contributed by atoms with Crippen molar-refractivity contribution in [2.45, 2.75) is 19.9 Å². The van der Waals surface area contributed by atoms with Crippen LogP contribution in [0.1, 0.15) is 18.2 Å². The first-order valence-electron chi connectivity index (χ1n) is 6.85. The summed E-state index contributed by atoms with van der Waals surface area (Å²) >= 11 is 0. The van der Waals surface area contributed by atoms with E-state index in [2.05, 4.69) is 40.5 Å². The van der Waals surface area contributed by atoms with Gasteiger partial charge in [-0.2, -0.15) is 5.10 Å². The van der Waals surface area contributed by atoms with Crippen LogP contribution in [0.3, 0.4) is 0 Å². The van der Waals surface area contributed by atoms with Gasteiger partial charge in [-0.1, -0.05) is 19.1 Å². The second kappa shape index (κ2) is 5.33. The highest BCUT2D eigenvalue weighted by Gasteiger charge is 2.05. The van der Waals surface area contributed by atoms with Gasteiger partial charge in [0, 0.05) is 37.6 Å². The van der Waals surface area contributed by atoms with E-state index in [1.165, 1.54) is 16.3 Å². The predicted molar refractivity (Wildman–Crippen MR) is 81.7 cm³/mol. The lowest BCUT2D eigenvalue weighted by atomic mass is 10.1. The van der Waals surface area contributed by atoms with Crippen molar-refractivity contribution in [2.24, 2.45) is 7.05 Å². The fourth-order valence-electron chi connectivity index (χ4n) is 2.38. The van der Waals surface area contributed by atoms with E-state index in [0.29, 0.717) is 0 Å². The van der Waals surface area contributed by atoms with E-state index >= 15 is 0 Å². The fraction of sp³-hybridized carbons (Fsp3) is 0.250. The molecule has 0 spiro atoms. The minimum atomic E-state index is 0.803. The van der Waals surface area contributed by atoms with Crippen molar-refractivity contribution in [1.29, 1.82) is 0 Å². The molecule has 1 aromatic carbocycles. The molecular formula is C16H18N4. The topological polar surface area (TPSA) is 42.7 Å². The van der Waals surface area contributed by atoms with Crippen molar-refractivity contribution in [3.05, 3.63) is 54.1 Å². The summed E-state index contributed by atoms with van der Waals surface area (Å²) in [6, 6.07) is 8.49. The Hall–Kier alpha value is -2.36. The molecule has 0 bridgehead atoms. The van der Waals surface area contributed by atoms with Crippen LogP contribution in [0.2, 0.25) is 0 Å². The highest BCUT2D eigenvalue weighted by molar-refractivity contribution is 5.82. The van der Waals surface area contributed by atoms with Gasteiger partial charge in [0.15, 0.2) is 0 Å². The van der Waals surface area contributed by atoms with Gasteiger partial charge in [-0.3, -0.25) is 9.67 Å². The number of nitrogens with one attached hydrogen (secondary N) is 1. The molecule has 3 aromatic rings. The van der Waals surface area contributed by atoms with Gasteiger partial charge in [-0.25, -0.2) is 0 Å². The summed E-state index contributed by atoms with van der Waals surface area (Å²) in [6.07, 6.45) is 6.69. The molecule has 102 valence electrons. The van der Waals surface area contributed by atoms with Gasteiger partial charge in [0.05, 0.1) is 11.4 Å². The first-order chi connectivity index (χ1) is 9.76.